The van der Waals surface area contributed by atoms with Crippen LogP contribution in [0.4, 0.5) is 0 Å². The van der Waals surface area contributed by atoms with Crippen LogP contribution >= 0.6 is 0 Å². The van der Waals surface area contributed by atoms with Gasteiger partial charge in [0.05, 0.1) is 6.10 Å². The molecular formula is C19H28O2. The first kappa shape index (κ1) is 16.2. The van der Waals surface area contributed by atoms with E-state index in [0.29, 0.717) is 12.5 Å². The zero-order valence-electron chi connectivity index (χ0n) is 13.7. The van der Waals surface area contributed by atoms with Crippen molar-refractivity contribution in [1.29, 1.82) is 0 Å². The van der Waals surface area contributed by atoms with E-state index in [0.717, 1.165) is 31.4 Å². The molecule has 1 saturated heterocycles. The van der Waals surface area contributed by atoms with E-state index < -0.39 is 0 Å². The lowest BCUT2D eigenvalue weighted by Crippen LogP contribution is -2.20. The van der Waals surface area contributed by atoms with Crippen molar-refractivity contribution in [1.82, 2.24) is 0 Å². The van der Waals surface area contributed by atoms with Crippen LogP contribution in [0, 0.1) is 0 Å². The maximum absolute atomic E-state index is 12.3. The summed E-state index contributed by atoms with van der Waals surface area (Å²) in [4.78, 5) is 12.3. The van der Waals surface area contributed by atoms with Gasteiger partial charge in [0.1, 0.15) is 0 Å². The molecule has 1 aromatic rings. The molecule has 1 fully saturated rings. The number of carbonyl (C=O) groups excluding carboxylic acids is 1. The first-order chi connectivity index (χ1) is 10.0. The fourth-order valence-corrected chi connectivity index (χ4v) is 2.78. The summed E-state index contributed by atoms with van der Waals surface area (Å²) in [6.45, 7) is 7.54. The Morgan fingerprint density at radius 2 is 1.95 bits per heavy atom. The largest absolute Gasteiger partial charge is 0.378 e. The molecule has 1 unspecified atom stereocenters. The molecule has 1 aliphatic heterocycles. The second-order valence-electron chi connectivity index (χ2n) is 6.77. The van der Waals surface area contributed by atoms with Gasteiger partial charge in [0, 0.05) is 18.6 Å². The van der Waals surface area contributed by atoms with Crippen LogP contribution in [-0.2, 0) is 10.2 Å². The van der Waals surface area contributed by atoms with Gasteiger partial charge in [-0.3, -0.25) is 4.79 Å². The molecule has 2 nitrogen and oxygen atoms in total. The Balaban J connectivity index is 1.90. The van der Waals surface area contributed by atoms with Gasteiger partial charge in [-0.1, -0.05) is 45.0 Å². The first-order valence-electron chi connectivity index (χ1n) is 8.28. The molecule has 1 heterocycles. The molecule has 116 valence electrons. The lowest BCUT2D eigenvalue weighted by Gasteiger charge is -2.23. The van der Waals surface area contributed by atoms with Crippen molar-refractivity contribution in [3.05, 3.63) is 35.4 Å². The molecule has 1 atom stereocenters. The molecule has 2 heteroatoms. The Morgan fingerprint density at radius 3 is 2.52 bits per heavy atom. The summed E-state index contributed by atoms with van der Waals surface area (Å²) in [7, 11) is 0. The predicted molar refractivity (Wildman–Crippen MR) is 86.9 cm³/mol. The van der Waals surface area contributed by atoms with Crippen molar-refractivity contribution in [2.45, 2.75) is 70.8 Å². The molecule has 21 heavy (non-hydrogen) atoms. The van der Waals surface area contributed by atoms with Crippen LogP contribution in [0.1, 0.15) is 75.2 Å². The molecule has 0 radical (unpaired) electrons. The van der Waals surface area contributed by atoms with E-state index in [1.807, 2.05) is 12.1 Å². The molecular weight excluding hydrogens is 260 g/mol. The second-order valence-corrected chi connectivity index (χ2v) is 6.77. The predicted octanol–water partition coefficient (Wildman–Crippen LogP) is 4.91. The van der Waals surface area contributed by atoms with E-state index in [9.17, 15) is 4.79 Å². The summed E-state index contributed by atoms with van der Waals surface area (Å²) in [5.74, 6) is 0.241. The van der Waals surface area contributed by atoms with Crippen molar-refractivity contribution >= 4 is 5.78 Å². The summed E-state index contributed by atoms with van der Waals surface area (Å²) in [6, 6.07) is 8.18. The smallest absolute Gasteiger partial charge is 0.162 e. The van der Waals surface area contributed by atoms with Gasteiger partial charge in [-0.15, -0.1) is 0 Å². The summed E-state index contributed by atoms with van der Waals surface area (Å²) in [5, 5.41) is 0. The minimum atomic E-state index is 0.178. The molecule has 0 amide bonds. The Labute approximate surface area is 128 Å². The van der Waals surface area contributed by atoms with Gasteiger partial charge in [-0.25, -0.2) is 0 Å². The Hall–Kier alpha value is -1.15. The molecule has 0 N–H and O–H groups in total. The molecule has 0 saturated carbocycles. The van der Waals surface area contributed by atoms with Gasteiger partial charge in [0.2, 0.25) is 0 Å². The van der Waals surface area contributed by atoms with Crippen molar-refractivity contribution < 1.29 is 9.53 Å². The monoisotopic (exact) mass is 288 g/mol. The number of carbonyl (C=O) groups is 1. The van der Waals surface area contributed by atoms with Crippen LogP contribution in [0.15, 0.2) is 24.3 Å². The SMILES string of the molecule is CCC(C)(C)c1ccc(C(=O)CCC2CCCCO2)cc1. The lowest BCUT2D eigenvalue weighted by atomic mass is 9.82. The average molecular weight is 288 g/mol. The fraction of sp³-hybridized carbons (Fsp3) is 0.632. The third kappa shape index (κ3) is 4.41. The summed E-state index contributed by atoms with van der Waals surface area (Å²) in [6.07, 6.45) is 6.36. The van der Waals surface area contributed by atoms with Crippen molar-refractivity contribution in [3.63, 3.8) is 0 Å². The highest BCUT2D eigenvalue weighted by Gasteiger charge is 2.19. The third-order valence-corrected chi connectivity index (χ3v) is 4.84. The van der Waals surface area contributed by atoms with Crippen LogP contribution in [0.25, 0.3) is 0 Å². The van der Waals surface area contributed by atoms with Crippen LogP contribution < -0.4 is 0 Å². The molecule has 1 aromatic carbocycles. The molecule has 0 aliphatic carbocycles. The van der Waals surface area contributed by atoms with Gasteiger partial charge in [-0.2, -0.15) is 0 Å². The van der Waals surface area contributed by atoms with Gasteiger partial charge in [-0.05, 0) is 43.1 Å². The highest BCUT2D eigenvalue weighted by atomic mass is 16.5. The van der Waals surface area contributed by atoms with Crippen LogP contribution in [0.5, 0.6) is 0 Å². The van der Waals surface area contributed by atoms with E-state index >= 15 is 0 Å². The minimum Gasteiger partial charge on any atom is -0.378 e. The van der Waals surface area contributed by atoms with Crippen molar-refractivity contribution in [2.75, 3.05) is 6.61 Å². The number of ether oxygens (including phenoxy) is 1. The number of Topliss-reactive ketones (excluding diaryl/α,β-unsaturated/α-hetero) is 1. The highest BCUT2D eigenvalue weighted by molar-refractivity contribution is 5.96. The zero-order chi connectivity index (χ0) is 15.3. The van der Waals surface area contributed by atoms with E-state index in [4.69, 9.17) is 4.74 Å². The van der Waals surface area contributed by atoms with Crippen molar-refractivity contribution in [3.8, 4) is 0 Å². The minimum absolute atomic E-state index is 0.178. The summed E-state index contributed by atoms with van der Waals surface area (Å²) >= 11 is 0. The molecule has 0 aromatic heterocycles. The van der Waals surface area contributed by atoms with Crippen LogP contribution in [-0.4, -0.2) is 18.5 Å². The Kier molecular flexibility index (Phi) is 5.58. The number of hydrogen-bond acceptors (Lipinski definition) is 2. The number of benzene rings is 1. The molecule has 2 rings (SSSR count). The van der Waals surface area contributed by atoms with E-state index in [2.05, 4.69) is 32.9 Å². The van der Waals surface area contributed by atoms with Gasteiger partial charge in [0.25, 0.3) is 0 Å². The zero-order valence-corrected chi connectivity index (χ0v) is 13.7. The van der Waals surface area contributed by atoms with Crippen molar-refractivity contribution in [2.24, 2.45) is 0 Å². The third-order valence-electron chi connectivity index (χ3n) is 4.84. The van der Waals surface area contributed by atoms with Gasteiger partial charge >= 0.3 is 0 Å². The highest BCUT2D eigenvalue weighted by Crippen LogP contribution is 2.27. The standard InChI is InChI=1S/C19H28O2/c1-4-19(2,3)16-10-8-15(9-11-16)18(20)13-12-17-7-5-6-14-21-17/h8-11,17H,4-7,12-14H2,1-3H3. The quantitative estimate of drug-likeness (QED) is 0.695. The Morgan fingerprint density at radius 1 is 1.24 bits per heavy atom. The maximum Gasteiger partial charge on any atom is 0.162 e. The lowest BCUT2D eigenvalue weighted by molar-refractivity contribution is 0.0104. The van der Waals surface area contributed by atoms with Gasteiger partial charge in [0.15, 0.2) is 5.78 Å². The topological polar surface area (TPSA) is 26.3 Å². The number of rotatable bonds is 6. The summed E-state index contributed by atoms with van der Waals surface area (Å²) in [5.41, 5.74) is 2.32. The molecule has 0 spiro atoms. The number of hydrogen-bond donors (Lipinski definition) is 0. The van der Waals surface area contributed by atoms with Crippen LogP contribution in [0.2, 0.25) is 0 Å². The first-order valence-corrected chi connectivity index (χ1v) is 8.28. The summed E-state index contributed by atoms with van der Waals surface area (Å²) < 4.78 is 5.69. The Bertz CT molecular complexity index is 453. The molecule has 1 aliphatic rings. The van der Waals surface area contributed by atoms with E-state index in [1.54, 1.807) is 0 Å². The average Bonchev–Trinajstić information content (AvgIpc) is 2.53. The number of ketones is 1. The maximum atomic E-state index is 12.3. The fourth-order valence-electron chi connectivity index (χ4n) is 2.78. The second kappa shape index (κ2) is 7.22. The van der Waals surface area contributed by atoms with Crippen LogP contribution in [0.3, 0.4) is 0 Å². The van der Waals surface area contributed by atoms with E-state index in [-0.39, 0.29) is 11.2 Å². The normalized spacial score (nSPS) is 19.5. The van der Waals surface area contributed by atoms with E-state index in [1.165, 1.54) is 18.4 Å². The molecule has 0 bridgehead atoms. The van der Waals surface area contributed by atoms with Gasteiger partial charge < -0.3 is 4.74 Å².